The monoisotopic (exact) mass is 592 g/mol. The highest BCUT2D eigenvalue weighted by Gasteiger charge is 2.49. The number of likely N-dealkylation sites (tertiary alicyclic amines) is 1. The number of nitrogens with zero attached hydrogens (tertiary/aromatic N) is 1. The van der Waals surface area contributed by atoms with Crippen LogP contribution in [0.4, 0.5) is 10.5 Å². The summed E-state index contributed by atoms with van der Waals surface area (Å²) in [5, 5.41) is 2.96. The lowest BCUT2D eigenvalue weighted by molar-refractivity contribution is -0.859. The van der Waals surface area contributed by atoms with E-state index in [-0.39, 0.29) is 22.9 Å². The van der Waals surface area contributed by atoms with E-state index in [1.807, 2.05) is 30.3 Å². The molecule has 10 heteroatoms. The Hall–Kier alpha value is -4.02. The molecular weight excluding hydrogens is 554 g/mol. The number of hydrogen-bond donors (Lipinski definition) is 2. The van der Waals surface area contributed by atoms with Crippen molar-refractivity contribution in [2.45, 2.75) is 43.6 Å². The van der Waals surface area contributed by atoms with Gasteiger partial charge in [0, 0.05) is 12.1 Å². The number of carbonyl (C=O) groups excluding carboxylic acids is 3. The highest BCUT2D eigenvalue weighted by atomic mass is 32.2. The molecule has 0 spiro atoms. The quantitative estimate of drug-likeness (QED) is 0.231. The van der Waals surface area contributed by atoms with Gasteiger partial charge < -0.3 is 19.5 Å². The van der Waals surface area contributed by atoms with Gasteiger partial charge in [0.1, 0.15) is 22.9 Å². The molecule has 3 aromatic rings. The molecule has 222 valence electrons. The van der Waals surface area contributed by atoms with Crippen LogP contribution < -0.4 is 19.5 Å². The normalized spacial score (nSPS) is 19.6. The van der Waals surface area contributed by atoms with Gasteiger partial charge in [-0.1, -0.05) is 42.5 Å². The third kappa shape index (κ3) is 7.06. The van der Waals surface area contributed by atoms with Crippen LogP contribution in [0, 0.1) is 0 Å². The Balaban J connectivity index is 1.52. The van der Waals surface area contributed by atoms with E-state index in [1.165, 1.54) is 0 Å². The van der Waals surface area contributed by atoms with Gasteiger partial charge in [0.25, 0.3) is 5.91 Å². The van der Waals surface area contributed by atoms with Crippen molar-refractivity contribution in [2.24, 2.45) is 0 Å². The van der Waals surface area contributed by atoms with E-state index < -0.39 is 16.9 Å². The zero-order chi connectivity index (χ0) is 30.2. The predicted molar refractivity (Wildman–Crippen MR) is 163 cm³/mol. The first kappa shape index (κ1) is 30.9. The maximum absolute atomic E-state index is 13.8. The summed E-state index contributed by atoms with van der Waals surface area (Å²) >= 11 is 1.01. The Morgan fingerprint density at radius 2 is 1.52 bits per heavy atom. The Labute approximate surface area is 251 Å². The zero-order valence-corrected chi connectivity index (χ0v) is 25.2. The lowest BCUT2D eigenvalue weighted by Crippen LogP contribution is -2.63. The molecule has 4 rings (SSSR count). The summed E-state index contributed by atoms with van der Waals surface area (Å²) < 4.78 is 17.7. The van der Waals surface area contributed by atoms with Gasteiger partial charge in [-0.3, -0.25) is 14.3 Å². The second-order valence-electron chi connectivity index (χ2n) is 10.6. The highest BCUT2D eigenvalue weighted by molar-refractivity contribution is 7.99. The minimum Gasteiger partial charge on any atom is -0.497 e. The van der Waals surface area contributed by atoms with Gasteiger partial charge in [-0.25, -0.2) is 4.48 Å². The van der Waals surface area contributed by atoms with Crippen LogP contribution in [0.15, 0.2) is 78.9 Å². The van der Waals surface area contributed by atoms with Crippen LogP contribution in [0.25, 0.3) is 0 Å². The van der Waals surface area contributed by atoms with Crippen LogP contribution >= 0.6 is 11.9 Å². The summed E-state index contributed by atoms with van der Waals surface area (Å²) in [4.78, 5) is 40.8. The highest BCUT2D eigenvalue weighted by Crippen LogP contribution is 2.37. The van der Waals surface area contributed by atoms with Crippen LogP contribution in [-0.2, 0) is 25.7 Å². The molecule has 1 heterocycles. The molecule has 0 radical (unpaired) electrons. The van der Waals surface area contributed by atoms with Crippen LogP contribution in [0.1, 0.15) is 37.3 Å². The SMILES string of the molecule is COc1ccc(NC(=O)C(C)(SNC(=O)[C@@H]2CCCC[N+]2(C)C(=O)OCc2ccccc2)c2ccc(OC)cc2)cc1. The number of quaternary nitrogens is 1. The largest absolute Gasteiger partial charge is 0.516 e. The van der Waals surface area contributed by atoms with E-state index in [0.29, 0.717) is 35.7 Å². The number of methoxy groups -OCH3 is 2. The number of ether oxygens (including phenoxy) is 3. The number of carbonyl (C=O) groups is 3. The van der Waals surface area contributed by atoms with E-state index in [0.717, 1.165) is 30.4 Å². The summed E-state index contributed by atoms with van der Waals surface area (Å²) in [6.45, 7) is 2.38. The molecule has 1 aliphatic heterocycles. The van der Waals surface area contributed by atoms with Gasteiger partial charge in [0.15, 0.2) is 6.04 Å². The second kappa shape index (κ2) is 13.8. The van der Waals surface area contributed by atoms with E-state index in [4.69, 9.17) is 14.2 Å². The van der Waals surface area contributed by atoms with Crippen LogP contribution in [-0.4, -0.2) is 56.2 Å². The maximum Gasteiger partial charge on any atom is 0.516 e. The molecule has 3 aromatic carbocycles. The third-order valence-corrected chi connectivity index (χ3v) is 8.87. The number of hydrogen-bond acceptors (Lipinski definition) is 7. The van der Waals surface area contributed by atoms with Gasteiger partial charge >= 0.3 is 6.09 Å². The predicted octanol–water partition coefficient (Wildman–Crippen LogP) is 5.66. The number of likely N-dealkylation sites (N-methyl/N-ethyl adjacent to an activating group) is 1. The Morgan fingerprint density at radius 3 is 2.14 bits per heavy atom. The molecule has 2 unspecified atom stereocenters. The fourth-order valence-corrected chi connectivity index (χ4v) is 5.82. The van der Waals surface area contributed by atoms with E-state index in [1.54, 1.807) is 76.7 Å². The first-order valence-electron chi connectivity index (χ1n) is 13.8. The molecule has 0 bridgehead atoms. The fraction of sp³-hybridized carbons (Fsp3) is 0.344. The van der Waals surface area contributed by atoms with E-state index in [2.05, 4.69) is 10.0 Å². The van der Waals surface area contributed by atoms with Gasteiger partial charge in [-0.2, -0.15) is 4.79 Å². The minimum atomic E-state index is -1.21. The molecular formula is C32H38N3O6S+. The Bertz CT molecular complexity index is 1370. The second-order valence-corrected chi connectivity index (χ2v) is 11.8. The number of piperidine rings is 1. The van der Waals surface area contributed by atoms with Gasteiger partial charge in [-0.05, 0) is 79.2 Å². The summed E-state index contributed by atoms with van der Waals surface area (Å²) in [6.07, 6.45) is 1.71. The molecule has 0 aliphatic carbocycles. The lowest BCUT2D eigenvalue weighted by atomic mass is 9.99. The first-order valence-corrected chi connectivity index (χ1v) is 14.7. The smallest absolute Gasteiger partial charge is 0.497 e. The number of nitrogens with one attached hydrogen (secondary N) is 2. The lowest BCUT2D eigenvalue weighted by Gasteiger charge is -2.40. The zero-order valence-electron chi connectivity index (χ0n) is 24.4. The molecule has 9 nitrogen and oxygen atoms in total. The summed E-state index contributed by atoms with van der Waals surface area (Å²) in [7, 11) is 4.90. The van der Waals surface area contributed by atoms with Crippen LogP contribution in [0.2, 0.25) is 0 Å². The van der Waals surface area contributed by atoms with E-state index >= 15 is 0 Å². The maximum atomic E-state index is 13.8. The molecule has 0 saturated carbocycles. The molecule has 42 heavy (non-hydrogen) atoms. The van der Waals surface area contributed by atoms with Crippen molar-refractivity contribution in [3.05, 3.63) is 90.0 Å². The Morgan fingerprint density at radius 1 is 0.905 bits per heavy atom. The van der Waals surface area contributed by atoms with Crippen molar-refractivity contribution < 1.29 is 33.1 Å². The van der Waals surface area contributed by atoms with Gasteiger partial charge in [0.2, 0.25) is 5.91 Å². The van der Waals surface area contributed by atoms with E-state index in [9.17, 15) is 14.4 Å². The average molecular weight is 593 g/mol. The molecule has 3 amide bonds. The summed E-state index contributed by atoms with van der Waals surface area (Å²) in [5.41, 5.74) is 2.14. The molecule has 2 N–H and O–H groups in total. The number of benzene rings is 3. The topological polar surface area (TPSA) is 103 Å². The average Bonchev–Trinajstić information content (AvgIpc) is 3.03. The van der Waals surface area contributed by atoms with Gasteiger partial charge in [0.05, 0.1) is 27.8 Å². The first-order chi connectivity index (χ1) is 20.2. The minimum absolute atomic E-state index is 0.137. The molecule has 3 atom stereocenters. The molecule has 1 aliphatic rings. The van der Waals surface area contributed by atoms with Crippen molar-refractivity contribution in [1.82, 2.24) is 4.72 Å². The standard InChI is InChI=1S/C32H37N3O6S/c1-32(24-13-17-26(39-3)18-14-24,30(37)33-25-15-19-27(40-4)20-16-25)42-34-29(36)28-12-8-9-21-35(28,2)31(38)41-22-23-10-6-5-7-11-23/h5-7,10-11,13-20,28H,8-9,12,21-22H2,1-4H3,(H-,33,34,36,37)/p+1/t28-,32?,35?/m0/s1. The van der Waals surface area contributed by atoms with Crippen molar-refractivity contribution >= 4 is 35.5 Å². The third-order valence-electron chi connectivity index (χ3n) is 7.74. The fourth-order valence-electron chi connectivity index (χ4n) is 4.98. The Kier molecular flexibility index (Phi) is 10.1. The number of rotatable bonds is 10. The van der Waals surface area contributed by atoms with Crippen molar-refractivity contribution in [1.29, 1.82) is 0 Å². The molecule has 1 saturated heterocycles. The van der Waals surface area contributed by atoms with Gasteiger partial charge in [-0.15, -0.1) is 0 Å². The van der Waals surface area contributed by atoms with Crippen molar-refractivity contribution in [2.75, 3.05) is 33.1 Å². The number of amides is 3. The van der Waals surface area contributed by atoms with Crippen LogP contribution in [0.5, 0.6) is 11.5 Å². The summed E-state index contributed by atoms with van der Waals surface area (Å²) in [6, 6.07) is 23.0. The number of anilines is 1. The summed E-state index contributed by atoms with van der Waals surface area (Å²) in [5.74, 6) is 0.667. The molecule has 0 aromatic heterocycles. The molecule has 1 fully saturated rings. The van der Waals surface area contributed by atoms with Crippen LogP contribution in [0.3, 0.4) is 0 Å². The van der Waals surface area contributed by atoms with Crippen molar-refractivity contribution in [3.63, 3.8) is 0 Å². The van der Waals surface area contributed by atoms with Crippen molar-refractivity contribution in [3.8, 4) is 11.5 Å².